The summed E-state index contributed by atoms with van der Waals surface area (Å²) in [4.78, 5) is 0. The molecule has 0 N–H and O–H groups in total. The van der Waals surface area contributed by atoms with Crippen LogP contribution in [0, 0.1) is 0 Å². The smallest absolute Gasteiger partial charge is 0.237 e. The van der Waals surface area contributed by atoms with Crippen LogP contribution in [0.2, 0.25) is 0 Å². The molecule has 0 radical (unpaired) electrons. The molecule has 0 amide bonds. The van der Waals surface area contributed by atoms with E-state index in [9.17, 15) is 0 Å². The van der Waals surface area contributed by atoms with Crippen molar-refractivity contribution in [1.29, 1.82) is 0 Å². The van der Waals surface area contributed by atoms with E-state index >= 15 is 0 Å². The summed E-state index contributed by atoms with van der Waals surface area (Å²) in [5.74, 6) is 0. The quantitative estimate of drug-likeness (QED) is 0.156. The maximum Gasteiger partial charge on any atom is 0.243 e. The molecule has 0 spiro atoms. The zero-order valence-corrected chi connectivity index (χ0v) is 19.6. The number of unbranched alkanes of at least 4 members (excludes halogenated alkanes) is 15. The highest BCUT2D eigenvalue weighted by Crippen LogP contribution is 2.16. The van der Waals surface area contributed by atoms with Gasteiger partial charge in [0.2, 0.25) is 6.33 Å². The first-order valence-corrected chi connectivity index (χ1v) is 12.8. The Bertz CT molecular complexity index is 437. The van der Waals surface area contributed by atoms with Gasteiger partial charge in [0.15, 0.2) is 0 Å². The fourth-order valence-corrected chi connectivity index (χ4v) is 4.13. The molecule has 0 aliphatic rings. The molecule has 0 fully saturated rings. The largest absolute Gasteiger partial charge is 0.243 e. The Morgan fingerprint density at radius 1 is 0.643 bits per heavy atom. The Labute approximate surface area is 177 Å². The van der Waals surface area contributed by atoms with E-state index in [4.69, 9.17) is 0 Å². The average Bonchev–Trinajstić information content (AvgIpc) is 3.17. The lowest BCUT2D eigenvalue weighted by Crippen LogP contribution is -2.31. The van der Waals surface area contributed by atoms with E-state index in [2.05, 4.69) is 48.6 Å². The van der Waals surface area contributed by atoms with Crippen molar-refractivity contribution in [3.05, 3.63) is 18.7 Å². The van der Waals surface area contributed by atoms with Crippen LogP contribution >= 0.6 is 0 Å². The van der Waals surface area contributed by atoms with Crippen molar-refractivity contribution in [2.24, 2.45) is 0 Å². The fourth-order valence-electron chi connectivity index (χ4n) is 4.13. The molecule has 2 heteroatoms. The van der Waals surface area contributed by atoms with Gasteiger partial charge in [0.05, 0.1) is 12.6 Å². The van der Waals surface area contributed by atoms with E-state index in [0.717, 1.165) is 0 Å². The van der Waals surface area contributed by atoms with Crippen molar-refractivity contribution >= 4 is 0 Å². The standard InChI is InChI=1S/C26H51N2/c1-4-6-8-10-12-13-14-16-18-20-22-27-23-24-28(25-27)26(3)21-19-17-15-11-9-7-5-2/h23-26H,4-22H2,1-3H3/q+1. The molecule has 0 saturated carbocycles. The maximum atomic E-state index is 2.42. The molecular formula is C26H51N2+. The van der Waals surface area contributed by atoms with Crippen LogP contribution in [0.1, 0.15) is 142 Å². The number of nitrogens with zero attached hydrogens (tertiary/aromatic N) is 2. The van der Waals surface area contributed by atoms with Gasteiger partial charge in [-0.15, -0.1) is 0 Å². The first-order valence-electron chi connectivity index (χ1n) is 12.8. The number of aryl methyl sites for hydroxylation is 1. The SMILES string of the molecule is CCCCCCCCCCCC[n+]1ccn(C(C)CCCCCCCCC)c1. The predicted octanol–water partition coefficient (Wildman–Crippen LogP) is 8.40. The summed E-state index contributed by atoms with van der Waals surface area (Å²) in [5.41, 5.74) is 0. The van der Waals surface area contributed by atoms with E-state index in [1.807, 2.05) is 0 Å². The molecule has 1 atom stereocenters. The molecule has 1 rings (SSSR count). The highest BCUT2D eigenvalue weighted by Gasteiger charge is 2.11. The number of hydrogen-bond acceptors (Lipinski definition) is 0. The number of hydrogen-bond donors (Lipinski definition) is 0. The van der Waals surface area contributed by atoms with Gasteiger partial charge in [-0.2, -0.15) is 0 Å². The summed E-state index contributed by atoms with van der Waals surface area (Å²) in [6, 6.07) is 0.643. The molecule has 0 aliphatic heterocycles. The molecule has 0 aromatic carbocycles. The molecule has 0 aliphatic carbocycles. The van der Waals surface area contributed by atoms with Crippen molar-refractivity contribution < 1.29 is 4.57 Å². The van der Waals surface area contributed by atoms with Crippen LogP contribution in [0.15, 0.2) is 18.7 Å². The number of rotatable bonds is 20. The molecule has 28 heavy (non-hydrogen) atoms. The van der Waals surface area contributed by atoms with Crippen LogP contribution in [0.25, 0.3) is 0 Å². The monoisotopic (exact) mass is 391 g/mol. The first kappa shape index (κ1) is 25.2. The third-order valence-electron chi connectivity index (χ3n) is 6.22. The van der Waals surface area contributed by atoms with Crippen LogP contribution in [-0.2, 0) is 6.54 Å². The molecule has 1 heterocycles. The number of aromatic nitrogens is 2. The molecule has 0 bridgehead atoms. The molecule has 2 nitrogen and oxygen atoms in total. The summed E-state index contributed by atoms with van der Waals surface area (Å²) in [6.07, 6.45) is 32.2. The highest BCUT2D eigenvalue weighted by atomic mass is 15.1. The second-order valence-corrected chi connectivity index (χ2v) is 9.04. The zero-order chi connectivity index (χ0) is 20.3. The van der Waals surface area contributed by atoms with Gasteiger partial charge in [0.1, 0.15) is 12.4 Å². The Balaban J connectivity index is 2.00. The minimum absolute atomic E-state index is 0.643. The first-order chi connectivity index (χ1) is 13.8. The van der Waals surface area contributed by atoms with E-state index < -0.39 is 0 Å². The normalized spacial score (nSPS) is 12.5. The van der Waals surface area contributed by atoms with Crippen LogP contribution in [0.3, 0.4) is 0 Å². The van der Waals surface area contributed by atoms with E-state index in [1.54, 1.807) is 0 Å². The summed E-state index contributed by atoms with van der Waals surface area (Å²) < 4.78 is 4.82. The lowest BCUT2D eigenvalue weighted by Gasteiger charge is -2.07. The topological polar surface area (TPSA) is 8.81 Å². The van der Waals surface area contributed by atoms with Gasteiger partial charge in [-0.3, -0.25) is 0 Å². The summed E-state index contributed by atoms with van der Waals surface area (Å²) in [7, 11) is 0. The third kappa shape index (κ3) is 13.4. The predicted molar refractivity (Wildman–Crippen MR) is 124 cm³/mol. The summed E-state index contributed by atoms with van der Waals surface area (Å²) in [5, 5.41) is 0. The molecule has 1 aromatic rings. The third-order valence-corrected chi connectivity index (χ3v) is 6.22. The van der Waals surface area contributed by atoms with Gasteiger partial charge < -0.3 is 0 Å². The fraction of sp³-hybridized carbons (Fsp3) is 0.885. The van der Waals surface area contributed by atoms with Crippen LogP contribution in [0.5, 0.6) is 0 Å². The maximum absolute atomic E-state index is 2.42. The molecule has 0 saturated heterocycles. The summed E-state index contributed by atoms with van der Waals surface area (Å²) in [6.45, 7) is 8.15. The molecular weight excluding hydrogens is 340 g/mol. The minimum Gasteiger partial charge on any atom is -0.237 e. The van der Waals surface area contributed by atoms with E-state index in [-0.39, 0.29) is 0 Å². The Morgan fingerprint density at radius 3 is 1.64 bits per heavy atom. The molecule has 1 unspecified atom stereocenters. The second kappa shape index (κ2) is 18.3. The Hall–Kier alpha value is -0.790. The Morgan fingerprint density at radius 2 is 1.11 bits per heavy atom. The second-order valence-electron chi connectivity index (χ2n) is 9.04. The van der Waals surface area contributed by atoms with Gasteiger partial charge in [-0.25, -0.2) is 9.13 Å². The van der Waals surface area contributed by atoms with Gasteiger partial charge in [0.25, 0.3) is 0 Å². The zero-order valence-electron chi connectivity index (χ0n) is 19.6. The van der Waals surface area contributed by atoms with Crippen LogP contribution in [0.4, 0.5) is 0 Å². The van der Waals surface area contributed by atoms with Crippen molar-refractivity contribution in [2.45, 2.75) is 149 Å². The lowest BCUT2D eigenvalue weighted by atomic mass is 10.1. The lowest BCUT2D eigenvalue weighted by molar-refractivity contribution is -0.697. The van der Waals surface area contributed by atoms with Crippen LogP contribution < -0.4 is 4.57 Å². The minimum atomic E-state index is 0.643. The van der Waals surface area contributed by atoms with Crippen molar-refractivity contribution in [1.82, 2.24) is 4.57 Å². The van der Waals surface area contributed by atoms with Crippen LogP contribution in [-0.4, -0.2) is 4.57 Å². The average molecular weight is 392 g/mol. The molecule has 164 valence electrons. The van der Waals surface area contributed by atoms with Crippen molar-refractivity contribution in [3.8, 4) is 0 Å². The van der Waals surface area contributed by atoms with Gasteiger partial charge in [-0.05, 0) is 32.6 Å². The number of imidazole rings is 1. The van der Waals surface area contributed by atoms with Gasteiger partial charge in [0, 0.05) is 0 Å². The van der Waals surface area contributed by atoms with Gasteiger partial charge in [-0.1, -0.05) is 104 Å². The molecule has 1 aromatic heterocycles. The van der Waals surface area contributed by atoms with Crippen molar-refractivity contribution in [3.63, 3.8) is 0 Å². The summed E-state index contributed by atoms with van der Waals surface area (Å²) >= 11 is 0. The van der Waals surface area contributed by atoms with E-state index in [1.165, 1.54) is 122 Å². The van der Waals surface area contributed by atoms with Gasteiger partial charge >= 0.3 is 0 Å². The van der Waals surface area contributed by atoms with E-state index in [0.29, 0.717) is 6.04 Å². The van der Waals surface area contributed by atoms with Crippen molar-refractivity contribution in [2.75, 3.05) is 0 Å². The Kier molecular flexibility index (Phi) is 16.5. The highest BCUT2D eigenvalue weighted by molar-refractivity contribution is 4.72.